The summed E-state index contributed by atoms with van der Waals surface area (Å²) >= 11 is 0. The smallest absolute Gasteiger partial charge is 0.332 e. The lowest BCUT2D eigenvalue weighted by atomic mass is 10.1. The molecular formula is C16H30O3. The molecule has 112 valence electrons. The van der Waals surface area contributed by atoms with Gasteiger partial charge in [0.05, 0.1) is 6.61 Å². The van der Waals surface area contributed by atoms with Crippen LogP contribution < -0.4 is 0 Å². The predicted octanol–water partition coefficient (Wildman–Crippen LogP) is 4.61. The molecule has 0 radical (unpaired) electrons. The van der Waals surface area contributed by atoms with E-state index in [-0.39, 0.29) is 0 Å². The van der Waals surface area contributed by atoms with Gasteiger partial charge in [-0.25, -0.2) is 4.79 Å². The number of esters is 1. The highest BCUT2D eigenvalue weighted by Gasteiger charge is 2.11. The van der Waals surface area contributed by atoms with Crippen LogP contribution in [0.2, 0.25) is 0 Å². The Kier molecular flexibility index (Phi) is 13.0. The van der Waals surface area contributed by atoms with Gasteiger partial charge in [-0.3, -0.25) is 0 Å². The van der Waals surface area contributed by atoms with Crippen LogP contribution >= 0.6 is 0 Å². The minimum Gasteiger partial charge on any atom is -0.433 e. The van der Waals surface area contributed by atoms with Crippen molar-refractivity contribution in [3.63, 3.8) is 0 Å². The van der Waals surface area contributed by atoms with Crippen molar-refractivity contribution in [1.29, 1.82) is 0 Å². The molecule has 0 bridgehead atoms. The second kappa shape index (κ2) is 13.6. The van der Waals surface area contributed by atoms with Gasteiger partial charge >= 0.3 is 5.97 Å². The molecule has 0 aliphatic rings. The van der Waals surface area contributed by atoms with Gasteiger partial charge in [0.15, 0.2) is 0 Å². The van der Waals surface area contributed by atoms with Crippen molar-refractivity contribution in [2.45, 2.75) is 77.9 Å². The molecule has 0 aromatic heterocycles. The van der Waals surface area contributed by atoms with Gasteiger partial charge in [0.25, 0.3) is 0 Å². The Morgan fingerprint density at radius 3 is 2.26 bits per heavy atom. The molecule has 0 saturated carbocycles. The Morgan fingerprint density at radius 1 is 1.05 bits per heavy atom. The molecule has 0 aliphatic heterocycles. The molecule has 0 fully saturated rings. The SMILES string of the molecule is C=CC(=O)OC(CCC)OCCCCCCCCC. The number of ether oxygens (including phenoxy) is 2. The summed E-state index contributed by atoms with van der Waals surface area (Å²) in [7, 11) is 0. The van der Waals surface area contributed by atoms with Crippen molar-refractivity contribution in [3.05, 3.63) is 12.7 Å². The number of rotatable bonds is 13. The Bertz CT molecular complexity index is 226. The summed E-state index contributed by atoms with van der Waals surface area (Å²) in [5, 5.41) is 0. The minimum atomic E-state index is -0.407. The number of hydrogen-bond acceptors (Lipinski definition) is 3. The maximum absolute atomic E-state index is 11.1. The molecule has 0 heterocycles. The van der Waals surface area contributed by atoms with E-state index in [4.69, 9.17) is 9.47 Å². The van der Waals surface area contributed by atoms with Crippen LogP contribution in [0.15, 0.2) is 12.7 Å². The minimum absolute atomic E-state index is 0.405. The van der Waals surface area contributed by atoms with E-state index < -0.39 is 12.3 Å². The highest BCUT2D eigenvalue weighted by atomic mass is 16.7. The van der Waals surface area contributed by atoms with Crippen LogP contribution in [-0.4, -0.2) is 18.9 Å². The Morgan fingerprint density at radius 2 is 1.68 bits per heavy atom. The van der Waals surface area contributed by atoms with E-state index in [1.807, 2.05) is 6.92 Å². The third-order valence-electron chi connectivity index (χ3n) is 2.99. The fraction of sp³-hybridized carbons (Fsp3) is 0.812. The van der Waals surface area contributed by atoms with Crippen molar-refractivity contribution in [1.82, 2.24) is 0 Å². The largest absolute Gasteiger partial charge is 0.433 e. The van der Waals surface area contributed by atoms with E-state index in [1.165, 1.54) is 44.6 Å². The maximum Gasteiger partial charge on any atom is 0.332 e. The molecule has 0 rings (SSSR count). The first-order valence-electron chi connectivity index (χ1n) is 7.69. The fourth-order valence-corrected chi connectivity index (χ4v) is 1.86. The summed E-state index contributed by atoms with van der Waals surface area (Å²) < 4.78 is 10.7. The van der Waals surface area contributed by atoms with E-state index in [2.05, 4.69) is 13.5 Å². The van der Waals surface area contributed by atoms with E-state index in [0.29, 0.717) is 6.61 Å². The van der Waals surface area contributed by atoms with E-state index in [9.17, 15) is 4.79 Å². The molecule has 1 unspecified atom stereocenters. The van der Waals surface area contributed by atoms with Crippen molar-refractivity contribution < 1.29 is 14.3 Å². The summed E-state index contributed by atoms with van der Waals surface area (Å²) in [6.45, 7) is 8.33. The van der Waals surface area contributed by atoms with Gasteiger partial charge in [0.2, 0.25) is 6.29 Å². The Hall–Kier alpha value is -0.830. The summed E-state index contributed by atoms with van der Waals surface area (Å²) in [6.07, 6.45) is 11.2. The lowest BCUT2D eigenvalue weighted by Crippen LogP contribution is -2.20. The summed E-state index contributed by atoms with van der Waals surface area (Å²) in [5.74, 6) is -0.405. The predicted molar refractivity (Wildman–Crippen MR) is 78.9 cm³/mol. The number of unbranched alkanes of at least 4 members (excludes halogenated alkanes) is 6. The van der Waals surface area contributed by atoms with Gasteiger partial charge in [0.1, 0.15) is 0 Å². The van der Waals surface area contributed by atoms with E-state index in [1.54, 1.807) is 0 Å². The van der Waals surface area contributed by atoms with Crippen molar-refractivity contribution >= 4 is 5.97 Å². The van der Waals surface area contributed by atoms with Crippen LogP contribution in [0, 0.1) is 0 Å². The van der Waals surface area contributed by atoms with Crippen LogP contribution in [0.3, 0.4) is 0 Å². The highest BCUT2D eigenvalue weighted by Crippen LogP contribution is 2.09. The van der Waals surface area contributed by atoms with Gasteiger partial charge in [0, 0.05) is 12.5 Å². The monoisotopic (exact) mass is 270 g/mol. The van der Waals surface area contributed by atoms with Crippen molar-refractivity contribution in [3.8, 4) is 0 Å². The second-order valence-corrected chi connectivity index (χ2v) is 4.85. The van der Waals surface area contributed by atoms with Gasteiger partial charge in [-0.05, 0) is 6.42 Å². The molecule has 3 nitrogen and oxygen atoms in total. The van der Waals surface area contributed by atoms with Crippen LogP contribution in [0.4, 0.5) is 0 Å². The molecule has 0 aromatic carbocycles. The molecule has 0 N–H and O–H groups in total. The van der Waals surface area contributed by atoms with E-state index in [0.717, 1.165) is 19.3 Å². The van der Waals surface area contributed by atoms with Crippen LogP contribution in [-0.2, 0) is 14.3 Å². The standard InChI is InChI=1S/C16H30O3/c1-4-7-8-9-10-11-12-14-18-16(13-5-2)19-15(17)6-3/h6,16H,3-5,7-14H2,1-2H3. The molecule has 0 aromatic rings. The average molecular weight is 270 g/mol. The first kappa shape index (κ1) is 18.2. The molecule has 1 atom stereocenters. The third kappa shape index (κ3) is 12.0. The molecule has 0 aliphatic carbocycles. The van der Waals surface area contributed by atoms with Crippen LogP contribution in [0.1, 0.15) is 71.6 Å². The first-order chi connectivity index (χ1) is 9.24. The highest BCUT2D eigenvalue weighted by molar-refractivity contribution is 5.81. The Balaban J connectivity index is 3.52. The first-order valence-corrected chi connectivity index (χ1v) is 7.69. The zero-order valence-electron chi connectivity index (χ0n) is 12.7. The van der Waals surface area contributed by atoms with Crippen molar-refractivity contribution in [2.75, 3.05) is 6.61 Å². The molecular weight excluding hydrogens is 240 g/mol. The zero-order chi connectivity index (χ0) is 14.3. The number of carbonyl (C=O) groups is 1. The second-order valence-electron chi connectivity index (χ2n) is 4.85. The molecule has 0 spiro atoms. The normalized spacial score (nSPS) is 12.1. The lowest BCUT2D eigenvalue weighted by molar-refractivity contribution is -0.174. The quantitative estimate of drug-likeness (QED) is 0.212. The Labute approximate surface area is 118 Å². The lowest BCUT2D eigenvalue weighted by Gasteiger charge is -2.16. The average Bonchev–Trinajstić information content (AvgIpc) is 2.41. The third-order valence-corrected chi connectivity index (χ3v) is 2.99. The summed E-state index contributed by atoms with van der Waals surface area (Å²) in [4.78, 5) is 11.1. The van der Waals surface area contributed by atoms with Crippen molar-refractivity contribution in [2.24, 2.45) is 0 Å². The van der Waals surface area contributed by atoms with Gasteiger partial charge < -0.3 is 9.47 Å². The van der Waals surface area contributed by atoms with E-state index >= 15 is 0 Å². The van der Waals surface area contributed by atoms with Gasteiger partial charge in [-0.2, -0.15) is 0 Å². The number of carbonyl (C=O) groups excluding carboxylic acids is 1. The van der Waals surface area contributed by atoms with Gasteiger partial charge in [-0.15, -0.1) is 0 Å². The summed E-state index contributed by atoms with van der Waals surface area (Å²) in [6, 6.07) is 0. The molecule has 0 saturated heterocycles. The topological polar surface area (TPSA) is 35.5 Å². The molecule has 3 heteroatoms. The maximum atomic E-state index is 11.1. The number of hydrogen-bond donors (Lipinski definition) is 0. The van der Waals surface area contributed by atoms with Crippen LogP contribution in [0.25, 0.3) is 0 Å². The van der Waals surface area contributed by atoms with Crippen LogP contribution in [0.5, 0.6) is 0 Å². The fourth-order valence-electron chi connectivity index (χ4n) is 1.86. The summed E-state index contributed by atoms with van der Waals surface area (Å²) in [5.41, 5.74) is 0. The molecule has 19 heavy (non-hydrogen) atoms. The molecule has 0 amide bonds. The van der Waals surface area contributed by atoms with Gasteiger partial charge in [-0.1, -0.05) is 65.4 Å². The zero-order valence-corrected chi connectivity index (χ0v) is 12.7.